The van der Waals surface area contributed by atoms with Crippen molar-refractivity contribution < 1.29 is 19.4 Å². The Morgan fingerprint density at radius 3 is 2.42 bits per heavy atom. The maximum atomic E-state index is 12.6. The van der Waals surface area contributed by atoms with Crippen LogP contribution in [0.4, 0.5) is 4.79 Å². The van der Waals surface area contributed by atoms with Gasteiger partial charge in [-0.05, 0) is 45.4 Å². The minimum atomic E-state index is -0.550. The van der Waals surface area contributed by atoms with Crippen LogP contribution in [0, 0.1) is 0 Å². The van der Waals surface area contributed by atoms with E-state index in [1.165, 1.54) is 18.2 Å². The highest BCUT2D eigenvalue weighted by Crippen LogP contribution is 2.23. The van der Waals surface area contributed by atoms with Gasteiger partial charge in [-0.15, -0.1) is 0 Å². The molecule has 0 saturated carbocycles. The average molecular weight is 355 g/mol. The van der Waals surface area contributed by atoms with E-state index in [0.29, 0.717) is 37.6 Å². The van der Waals surface area contributed by atoms with Gasteiger partial charge in [-0.1, -0.05) is 11.6 Å². The highest BCUT2D eigenvalue weighted by molar-refractivity contribution is 6.31. The molecule has 1 aliphatic rings. The van der Waals surface area contributed by atoms with E-state index < -0.39 is 5.60 Å². The number of hydrogen-bond acceptors (Lipinski definition) is 4. The van der Waals surface area contributed by atoms with Gasteiger partial charge in [0.2, 0.25) is 0 Å². The largest absolute Gasteiger partial charge is 0.507 e. The summed E-state index contributed by atoms with van der Waals surface area (Å²) < 4.78 is 5.37. The Morgan fingerprint density at radius 2 is 1.75 bits per heavy atom. The van der Waals surface area contributed by atoms with Gasteiger partial charge in [-0.25, -0.2) is 4.79 Å². The number of amides is 2. The molecule has 24 heavy (non-hydrogen) atoms. The molecule has 1 fully saturated rings. The molecule has 1 saturated heterocycles. The van der Waals surface area contributed by atoms with Gasteiger partial charge in [-0.2, -0.15) is 0 Å². The lowest BCUT2D eigenvalue weighted by Gasteiger charge is -2.26. The lowest BCUT2D eigenvalue weighted by atomic mass is 10.1. The Labute approximate surface area is 146 Å². The van der Waals surface area contributed by atoms with Crippen molar-refractivity contribution in [2.75, 3.05) is 26.2 Å². The molecule has 0 aliphatic carbocycles. The molecule has 0 spiro atoms. The summed E-state index contributed by atoms with van der Waals surface area (Å²) in [6.07, 6.45) is 0.272. The molecule has 2 rings (SSSR count). The molecule has 7 heteroatoms. The van der Waals surface area contributed by atoms with Crippen LogP contribution in [0.5, 0.6) is 5.75 Å². The molecule has 0 atom stereocenters. The van der Waals surface area contributed by atoms with Gasteiger partial charge in [0, 0.05) is 31.2 Å². The lowest BCUT2D eigenvalue weighted by Crippen LogP contribution is -2.40. The van der Waals surface area contributed by atoms with Crippen LogP contribution in [-0.2, 0) is 4.74 Å². The van der Waals surface area contributed by atoms with Gasteiger partial charge in [0.25, 0.3) is 5.91 Å². The van der Waals surface area contributed by atoms with Crippen molar-refractivity contribution in [3.63, 3.8) is 0 Å². The van der Waals surface area contributed by atoms with Crippen LogP contribution < -0.4 is 0 Å². The number of benzene rings is 1. The highest BCUT2D eigenvalue weighted by Gasteiger charge is 2.27. The molecule has 1 N–H and O–H groups in total. The van der Waals surface area contributed by atoms with Crippen LogP contribution in [0.25, 0.3) is 0 Å². The Kier molecular flexibility index (Phi) is 5.59. The summed E-state index contributed by atoms with van der Waals surface area (Å²) in [6, 6.07) is 4.39. The normalized spacial score (nSPS) is 15.8. The summed E-state index contributed by atoms with van der Waals surface area (Å²) in [4.78, 5) is 28.0. The van der Waals surface area contributed by atoms with E-state index in [-0.39, 0.29) is 23.3 Å². The lowest BCUT2D eigenvalue weighted by molar-refractivity contribution is 0.0255. The number of phenols is 1. The molecule has 132 valence electrons. The second kappa shape index (κ2) is 7.30. The van der Waals surface area contributed by atoms with Gasteiger partial charge in [0.05, 0.1) is 5.56 Å². The Morgan fingerprint density at radius 1 is 1.12 bits per heavy atom. The minimum absolute atomic E-state index is 0.0994. The molecular weight excluding hydrogens is 332 g/mol. The maximum absolute atomic E-state index is 12.6. The number of halogens is 1. The van der Waals surface area contributed by atoms with Crippen molar-refractivity contribution in [1.82, 2.24) is 9.80 Å². The van der Waals surface area contributed by atoms with E-state index >= 15 is 0 Å². The van der Waals surface area contributed by atoms with Crippen molar-refractivity contribution in [1.29, 1.82) is 0 Å². The van der Waals surface area contributed by atoms with Crippen molar-refractivity contribution >= 4 is 23.6 Å². The van der Waals surface area contributed by atoms with E-state index in [1.54, 1.807) is 9.80 Å². The fourth-order valence-electron chi connectivity index (χ4n) is 2.48. The number of ether oxygens (including phenoxy) is 1. The third kappa shape index (κ3) is 4.77. The zero-order chi connectivity index (χ0) is 17.9. The summed E-state index contributed by atoms with van der Waals surface area (Å²) in [7, 11) is 0. The fourth-order valence-corrected chi connectivity index (χ4v) is 2.65. The summed E-state index contributed by atoms with van der Waals surface area (Å²) in [5.41, 5.74) is -0.376. The SMILES string of the molecule is CC(C)(C)OC(=O)N1CCCN(C(=O)c2cc(Cl)ccc2O)CC1. The predicted octanol–water partition coefficient (Wildman–Crippen LogP) is 3.13. The first-order valence-electron chi connectivity index (χ1n) is 7.93. The molecule has 0 radical (unpaired) electrons. The number of hydrogen-bond donors (Lipinski definition) is 1. The molecule has 0 aromatic heterocycles. The van der Waals surface area contributed by atoms with Crippen LogP contribution >= 0.6 is 11.6 Å². The first kappa shape index (κ1) is 18.4. The van der Waals surface area contributed by atoms with E-state index in [0.717, 1.165) is 0 Å². The Hall–Kier alpha value is -1.95. The zero-order valence-electron chi connectivity index (χ0n) is 14.2. The number of nitrogens with zero attached hydrogens (tertiary/aromatic N) is 2. The molecule has 1 heterocycles. The third-order valence-electron chi connectivity index (χ3n) is 3.62. The maximum Gasteiger partial charge on any atom is 0.410 e. The number of rotatable bonds is 1. The third-order valence-corrected chi connectivity index (χ3v) is 3.86. The van der Waals surface area contributed by atoms with E-state index in [2.05, 4.69) is 0 Å². The monoisotopic (exact) mass is 354 g/mol. The highest BCUT2D eigenvalue weighted by atomic mass is 35.5. The van der Waals surface area contributed by atoms with Gasteiger partial charge < -0.3 is 19.6 Å². The van der Waals surface area contributed by atoms with E-state index in [9.17, 15) is 14.7 Å². The topological polar surface area (TPSA) is 70.1 Å². The fraction of sp³-hybridized carbons (Fsp3) is 0.529. The predicted molar refractivity (Wildman–Crippen MR) is 91.4 cm³/mol. The van der Waals surface area contributed by atoms with Crippen LogP contribution in [-0.4, -0.2) is 58.7 Å². The van der Waals surface area contributed by atoms with Gasteiger partial charge in [0.15, 0.2) is 0 Å². The Bertz CT molecular complexity index is 628. The van der Waals surface area contributed by atoms with Crippen LogP contribution in [0.1, 0.15) is 37.6 Å². The van der Waals surface area contributed by atoms with Gasteiger partial charge in [0.1, 0.15) is 11.4 Å². The van der Waals surface area contributed by atoms with Crippen molar-refractivity contribution in [2.24, 2.45) is 0 Å². The standard InChI is InChI=1S/C17H23ClN2O4/c1-17(2,3)24-16(23)20-8-4-7-19(9-10-20)15(22)13-11-12(18)5-6-14(13)21/h5-6,11,21H,4,7-10H2,1-3H3. The number of phenolic OH excluding ortho intramolecular Hbond substituents is 1. The second-order valence-corrected chi connectivity index (χ2v) is 7.21. The molecule has 1 aliphatic heterocycles. The molecule has 1 aromatic carbocycles. The van der Waals surface area contributed by atoms with E-state index in [4.69, 9.17) is 16.3 Å². The molecule has 6 nitrogen and oxygen atoms in total. The number of aromatic hydroxyl groups is 1. The van der Waals surface area contributed by atoms with E-state index in [1.807, 2.05) is 20.8 Å². The number of carbonyl (C=O) groups excluding carboxylic acids is 2. The first-order chi connectivity index (χ1) is 11.2. The summed E-state index contributed by atoms with van der Waals surface area (Å²) >= 11 is 5.91. The quantitative estimate of drug-likeness (QED) is 0.841. The number of carbonyl (C=O) groups is 2. The average Bonchev–Trinajstić information content (AvgIpc) is 2.73. The summed E-state index contributed by atoms with van der Waals surface area (Å²) in [6.45, 7) is 7.26. The molecule has 1 aromatic rings. The first-order valence-corrected chi connectivity index (χ1v) is 8.31. The summed E-state index contributed by atoms with van der Waals surface area (Å²) in [5, 5.41) is 10.3. The molecule has 0 unspecified atom stereocenters. The van der Waals surface area contributed by atoms with Crippen LogP contribution in [0.15, 0.2) is 18.2 Å². The van der Waals surface area contributed by atoms with Gasteiger partial charge in [-0.3, -0.25) is 4.79 Å². The molecular formula is C17H23ClN2O4. The van der Waals surface area contributed by atoms with Crippen molar-refractivity contribution in [2.45, 2.75) is 32.8 Å². The van der Waals surface area contributed by atoms with Crippen LogP contribution in [0.2, 0.25) is 5.02 Å². The Balaban J connectivity index is 2.04. The smallest absolute Gasteiger partial charge is 0.410 e. The second-order valence-electron chi connectivity index (χ2n) is 6.77. The summed E-state index contributed by atoms with van der Waals surface area (Å²) in [5.74, 6) is -0.390. The van der Waals surface area contributed by atoms with Crippen LogP contribution in [0.3, 0.4) is 0 Å². The zero-order valence-corrected chi connectivity index (χ0v) is 15.0. The van der Waals surface area contributed by atoms with Gasteiger partial charge >= 0.3 is 6.09 Å². The molecule has 0 bridgehead atoms. The van der Waals surface area contributed by atoms with Crippen molar-refractivity contribution in [3.8, 4) is 5.75 Å². The molecule has 2 amide bonds. The van der Waals surface area contributed by atoms with Crippen molar-refractivity contribution in [3.05, 3.63) is 28.8 Å². The minimum Gasteiger partial charge on any atom is -0.507 e.